The van der Waals surface area contributed by atoms with Crippen LogP contribution in [0.3, 0.4) is 0 Å². The Balaban J connectivity index is 1.58. The molecule has 3 aromatic rings. The van der Waals surface area contributed by atoms with Crippen molar-refractivity contribution in [3.05, 3.63) is 93.1 Å². The van der Waals surface area contributed by atoms with E-state index in [1.807, 2.05) is 53.9 Å². The molecule has 0 bridgehead atoms. The number of benzene rings is 2. The third-order valence-corrected chi connectivity index (χ3v) is 4.98. The van der Waals surface area contributed by atoms with E-state index in [2.05, 4.69) is 28.8 Å². The first-order valence-electron chi connectivity index (χ1n) is 8.05. The number of hydrogen-bond acceptors (Lipinski definition) is 3. The molecule has 2 N–H and O–H groups in total. The minimum atomic E-state index is -0.0440. The monoisotopic (exact) mass is 370 g/mol. The molecule has 25 heavy (non-hydrogen) atoms. The van der Waals surface area contributed by atoms with Crippen molar-refractivity contribution in [3.8, 4) is 0 Å². The van der Waals surface area contributed by atoms with Gasteiger partial charge in [0, 0.05) is 16.4 Å². The van der Waals surface area contributed by atoms with Crippen LogP contribution in [0, 0.1) is 0 Å². The molecule has 1 aromatic heterocycles. The summed E-state index contributed by atoms with van der Waals surface area (Å²) in [7, 11) is 0. The Kier molecular flexibility index (Phi) is 6.23. The van der Waals surface area contributed by atoms with Gasteiger partial charge < -0.3 is 5.32 Å². The Morgan fingerprint density at radius 2 is 1.88 bits per heavy atom. The molecular weight excluding hydrogens is 352 g/mol. The minimum absolute atomic E-state index is 0.0121. The van der Waals surface area contributed by atoms with Gasteiger partial charge in [0.2, 0.25) is 5.91 Å². The highest BCUT2D eigenvalue weighted by atomic mass is 35.5. The second kappa shape index (κ2) is 8.81. The molecule has 2 aromatic carbocycles. The highest BCUT2D eigenvalue weighted by molar-refractivity contribution is 7.10. The fourth-order valence-corrected chi connectivity index (χ4v) is 3.63. The number of carbonyl (C=O) groups excluding carboxylic acids is 1. The molecule has 0 aliphatic carbocycles. The quantitative estimate of drug-likeness (QED) is 0.647. The summed E-state index contributed by atoms with van der Waals surface area (Å²) in [5.74, 6) is -0.0440. The van der Waals surface area contributed by atoms with Crippen LogP contribution in [-0.2, 0) is 11.3 Å². The summed E-state index contributed by atoms with van der Waals surface area (Å²) >= 11 is 7.64. The number of hydrogen-bond donors (Lipinski definition) is 2. The molecule has 3 nitrogen and oxygen atoms in total. The van der Waals surface area contributed by atoms with Crippen LogP contribution in [0.4, 0.5) is 0 Å². The molecule has 5 heteroatoms. The van der Waals surface area contributed by atoms with E-state index in [9.17, 15) is 4.79 Å². The van der Waals surface area contributed by atoms with Gasteiger partial charge in [-0.05, 0) is 34.7 Å². The zero-order chi connectivity index (χ0) is 17.5. The predicted octanol–water partition coefficient (Wildman–Crippen LogP) is 4.40. The standard InChI is InChI=1S/C20H19ClN2OS/c21-17-9-4-6-15(12-17)13-22-19(24)14-23-20(18-10-5-11-25-18)16-7-2-1-3-8-16/h1-12,20,23H,13-14H2,(H,22,24)/t20-/m0/s1. The van der Waals surface area contributed by atoms with E-state index in [1.165, 1.54) is 4.88 Å². The van der Waals surface area contributed by atoms with Crippen molar-refractivity contribution in [2.45, 2.75) is 12.6 Å². The van der Waals surface area contributed by atoms with Crippen LogP contribution in [0.2, 0.25) is 5.02 Å². The molecule has 1 atom stereocenters. The van der Waals surface area contributed by atoms with Gasteiger partial charge in [0.15, 0.2) is 0 Å². The van der Waals surface area contributed by atoms with Crippen molar-refractivity contribution < 1.29 is 4.79 Å². The van der Waals surface area contributed by atoms with Crippen LogP contribution < -0.4 is 10.6 Å². The van der Waals surface area contributed by atoms with Crippen LogP contribution in [0.1, 0.15) is 22.0 Å². The lowest BCUT2D eigenvalue weighted by molar-refractivity contribution is -0.120. The number of nitrogens with one attached hydrogen (secondary N) is 2. The number of carbonyl (C=O) groups is 1. The topological polar surface area (TPSA) is 41.1 Å². The number of amides is 1. The maximum atomic E-state index is 12.2. The molecule has 0 radical (unpaired) electrons. The molecule has 1 amide bonds. The second-order valence-electron chi connectivity index (χ2n) is 5.65. The van der Waals surface area contributed by atoms with Gasteiger partial charge in [-0.3, -0.25) is 10.1 Å². The molecular formula is C20H19ClN2OS. The number of halogens is 1. The first kappa shape index (κ1) is 17.7. The predicted molar refractivity (Wildman–Crippen MR) is 104 cm³/mol. The zero-order valence-corrected chi connectivity index (χ0v) is 15.2. The summed E-state index contributed by atoms with van der Waals surface area (Å²) in [6.45, 7) is 0.716. The van der Waals surface area contributed by atoms with Crippen LogP contribution in [-0.4, -0.2) is 12.5 Å². The van der Waals surface area contributed by atoms with E-state index in [0.717, 1.165) is 11.1 Å². The summed E-state index contributed by atoms with van der Waals surface area (Å²) in [4.78, 5) is 13.4. The lowest BCUT2D eigenvalue weighted by Crippen LogP contribution is -2.35. The zero-order valence-electron chi connectivity index (χ0n) is 13.6. The number of thiophene rings is 1. The fourth-order valence-electron chi connectivity index (χ4n) is 2.59. The average Bonchev–Trinajstić information content (AvgIpc) is 3.15. The van der Waals surface area contributed by atoms with Gasteiger partial charge in [-0.2, -0.15) is 0 Å². The van der Waals surface area contributed by atoms with E-state index in [0.29, 0.717) is 11.6 Å². The summed E-state index contributed by atoms with van der Waals surface area (Å²) in [5, 5.41) is 9.00. The van der Waals surface area contributed by atoms with Crippen molar-refractivity contribution in [2.75, 3.05) is 6.54 Å². The molecule has 0 fully saturated rings. The average molecular weight is 371 g/mol. The fraction of sp³-hybridized carbons (Fsp3) is 0.150. The summed E-state index contributed by atoms with van der Waals surface area (Å²) < 4.78 is 0. The highest BCUT2D eigenvalue weighted by Gasteiger charge is 2.15. The number of rotatable bonds is 7. The van der Waals surface area contributed by atoms with E-state index in [-0.39, 0.29) is 18.5 Å². The van der Waals surface area contributed by atoms with Crippen molar-refractivity contribution >= 4 is 28.8 Å². The summed E-state index contributed by atoms with van der Waals surface area (Å²) in [6, 6.07) is 21.8. The molecule has 0 spiro atoms. The Morgan fingerprint density at radius 1 is 1.04 bits per heavy atom. The van der Waals surface area contributed by atoms with Crippen molar-refractivity contribution in [1.82, 2.24) is 10.6 Å². The van der Waals surface area contributed by atoms with E-state index >= 15 is 0 Å². The molecule has 128 valence electrons. The van der Waals surface area contributed by atoms with Crippen molar-refractivity contribution in [1.29, 1.82) is 0 Å². The lowest BCUT2D eigenvalue weighted by atomic mass is 10.1. The van der Waals surface area contributed by atoms with Gasteiger partial charge in [-0.1, -0.05) is 60.1 Å². The van der Waals surface area contributed by atoms with Crippen LogP contribution in [0.25, 0.3) is 0 Å². The van der Waals surface area contributed by atoms with E-state index in [4.69, 9.17) is 11.6 Å². The second-order valence-corrected chi connectivity index (χ2v) is 7.06. The van der Waals surface area contributed by atoms with Gasteiger partial charge in [0.25, 0.3) is 0 Å². The Morgan fingerprint density at radius 3 is 2.60 bits per heavy atom. The molecule has 0 unspecified atom stereocenters. The first-order valence-corrected chi connectivity index (χ1v) is 9.31. The Bertz CT molecular complexity index is 806. The van der Waals surface area contributed by atoms with Gasteiger partial charge in [-0.25, -0.2) is 0 Å². The molecule has 0 saturated heterocycles. The summed E-state index contributed by atoms with van der Waals surface area (Å²) in [5.41, 5.74) is 2.13. The summed E-state index contributed by atoms with van der Waals surface area (Å²) in [6.07, 6.45) is 0. The molecule has 0 aliphatic heterocycles. The van der Waals surface area contributed by atoms with E-state index < -0.39 is 0 Å². The normalized spacial score (nSPS) is 11.9. The first-order chi connectivity index (χ1) is 12.2. The third-order valence-electron chi connectivity index (χ3n) is 3.81. The SMILES string of the molecule is O=C(CN[C@@H](c1ccccc1)c1cccs1)NCc1cccc(Cl)c1. The van der Waals surface area contributed by atoms with Crippen LogP contribution in [0.15, 0.2) is 72.1 Å². The highest BCUT2D eigenvalue weighted by Crippen LogP contribution is 2.25. The van der Waals surface area contributed by atoms with Crippen molar-refractivity contribution in [3.63, 3.8) is 0 Å². The maximum absolute atomic E-state index is 12.2. The van der Waals surface area contributed by atoms with Gasteiger partial charge in [-0.15, -0.1) is 11.3 Å². The largest absolute Gasteiger partial charge is 0.351 e. The van der Waals surface area contributed by atoms with Gasteiger partial charge in [0.05, 0.1) is 12.6 Å². The van der Waals surface area contributed by atoms with Crippen molar-refractivity contribution in [2.24, 2.45) is 0 Å². The molecule has 0 saturated carbocycles. The molecule has 1 heterocycles. The molecule has 3 rings (SSSR count). The lowest BCUT2D eigenvalue weighted by Gasteiger charge is -2.18. The Hall–Kier alpha value is -2.14. The van der Waals surface area contributed by atoms with Crippen LogP contribution >= 0.6 is 22.9 Å². The third kappa shape index (κ3) is 5.16. The van der Waals surface area contributed by atoms with E-state index in [1.54, 1.807) is 11.3 Å². The Labute approximate surface area is 156 Å². The maximum Gasteiger partial charge on any atom is 0.234 e. The molecule has 0 aliphatic rings. The van der Waals surface area contributed by atoms with Gasteiger partial charge in [0.1, 0.15) is 0 Å². The minimum Gasteiger partial charge on any atom is -0.351 e. The smallest absolute Gasteiger partial charge is 0.234 e. The van der Waals surface area contributed by atoms with Gasteiger partial charge >= 0.3 is 0 Å². The van der Waals surface area contributed by atoms with Crippen LogP contribution in [0.5, 0.6) is 0 Å².